The number of hydroxylamine groups is 2. The molecule has 1 aliphatic heterocycles. The van der Waals surface area contributed by atoms with Gasteiger partial charge in [-0.15, -0.1) is 5.06 Å². The minimum atomic E-state index is -0.519. The quantitative estimate of drug-likeness (QED) is 0.852. The summed E-state index contributed by atoms with van der Waals surface area (Å²) < 4.78 is 7.02. The van der Waals surface area contributed by atoms with Gasteiger partial charge in [0.15, 0.2) is 5.58 Å². The molecule has 0 radical (unpaired) electrons. The lowest BCUT2D eigenvalue weighted by atomic mass is 9.98. The van der Waals surface area contributed by atoms with Crippen LogP contribution in [0.5, 0.6) is 0 Å². The first-order valence-electron chi connectivity index (χ1n) is 7.93. The lowest BCUT2D eigenvalue weighted by molar-refractivity contribution is -0.205. The van der Waals surface area contributed by atoms with E-state index in [1.54, 1.807) is 15.7 Å². The van der Waals surface area contributed by atoms with Gasteiger partial charge in [-0.2, -0.15) is 0 Å². The standard InChI is InChI=1S/C17H22N2O4/c1-17(2,3)15(20)23-18-10-8-12(9-11-18)19-13-6-4-5-7-14(13)22-16(19)21/h4-7,12H,8-11H2,1-3H3. The molecule has 0 atom stereocenters. The molecule has 0 aliphatic carbocycles. The number of carbonyl (C=O) groups excluding carboxylic acids is 1. The third-order valence-corrected chi connectivity index (χ3v) is 4.13. The number of hydrogen-bond acceptors (Lipinski definition) is 5. The molecule has 0 saturated carbocycles. The number of oxazole rings is 1. The van der Waals surface area contributed by atoms with E-state index in [2.05, 4.69) is 0 Å². The minimum Gasteiger partial charge on any atom is -0.408 e. The van der Waals surface area contributed by atoms with Crippen molar-refractivity contribution in [2.75, 3.05) is 13.1 Å². The molecule has 1 saturated heterocycles. The van der Waals surface area contributed by atoms with Crippen LogP contribution in [0.4, 0.5) is 0 Å². The van der Waals surface area contributed by atoms with Crippen LogP contribution in [0, 0.1) is 5.41 Å². The van der Waals surface area contributed by atoms with E-state index in [1.165, 1.54) is 0 Å². The van der Waals surface area contributed by atoms with Gasteiger partial charge in [-0.1, -0.05) is 12.1 Å². The van der Waals surface area contributed by atoms with Crippen molar-refractivity contribution in [3.8, 4) is 0 Å². The Bertz CT molecular complexity index is 761. The smallest absolute Gasteiger partial charge is 0.408 e. The van der Waals surface area contributed by atoms with Crippen molar-refractivity contribution in [2.24, 2.45) is 5.41 Å². The molecule has 6 nitrogen and oxygen atoms in total. The third-order valence-electron chi connectivity index (χ3n) is 4.13. The van der Waals surface area contributed by atoms with Crippen molar-refractivity contribution in [1.82, 2.24) is 9.63 Å². The molecule has 1 aromatic carbocycles. The monoisotopic (exact) mass is 318 g/mol. The maximum absolute atomic E-state index is 12.1. The van der Waals surface area contributed by atoms with Crippen molar-refractivity contribution in [1.29, 1.82) is 0 Å². The molecule has 1 fully saturated rings. The van der Waals surface area contributed by atoms with Gasteiger partial charge in [-0.05, 0) is 45.7 Å². The Labute approximate surface area is 134 Å². The number of aromatic nitrogens is 1. The van der Waals surface area contributed by atoms with Crippen molar-refractivity contribution in [3.63, 3.8) is 0 Å². The van der Waals surface area contributed by atoms with Crippen LogP contribution in [0.25, 0.3) is 11.1 Å². The molecule has 0 amide bonds. The Kier molecular flexibility index (Phi) is 4.02. The predicted molar refractivity (Wildman–Crippen MR) is 85.9 cm³/mol. The summed E-state index contributed by atoms with van der Waals surface area (Å²) in [5, 5.41) is 1.69. The van der Waals surface area contributed by atoms with Crippen molar-refractivity contribution >= 4 is 17.1 Å². The maximum Gasteiger partial charge on any atom is 0.420 e. The molecule has 0 bridgehead atoms. The van der Waals surface area contributed by atoms with Gasteiger partial charge in [-0.3, -0.25) is 4.57 Å². The van der Waals surface area contributed by atoms with Gasteiger partial charge in [0.25, 0.3) is 0 Å². The highest BCUT2D eigenvalue weighted by Crippen LogP contribution is 2.26. The Morgan fingerprint density at radius 3 is 2.52 bits per heavy atom. The third kappa shape index (κ3) is 3.17. The van der Waals surface area contributed by atoms with Crippen LogP contribution >= 0.6 is 0 Å². The second-order valence-electron chi connectivity index (χ2n) is 6.99. The van der Waals surface area contributed by atoms with Crippen LogP contribution in [0.3, 0.4) is 0 Å². The summed E-state index contributed by atoms with van der Waals surface area (Å²) in [7, 11) is 0. The predicted octanol–water partition coefficient (Wildman–Crippen LogP) is 2.74. The van der Waals surface area contributed by atoms with E-state index in [-0.39, 0.29) is 17.8 Å². The van der Waals surface area contributed by atoms with Crippen LogP contribution < -0.4 is 5.76 Å². The average Bonchev–Trinajstić information content (AvgIpc) is 2.83. The average molecular weight is 318 g/mol. The van der Waals surface area contributed by atoms with Crippen molar-refractivity contribution < 1.29 is 14.0 Å². The molecular weight excluding hydrogens is 296 g/mol. The second kappa shape index (κ2) is 5.85. The fourth-order valence-corrected chi connectivity index (χ4v) is 2.78. The molecule has 0 unspecified atom stereocenters. The highest BCUT2D eigenvalue weighted by atomic mass is 16.7. The summed E-state index contributed by atoms with van der Waals surface area (Å²) >= 11 is 0. The SMILES string of the molecule is CC(C)(C)C(=O)ON1CCC(n2c(=O)oc3ccccc32)CC1. The minimum absolute atomic E-state index is 0.0655. The van der Waals surface area contributed by atoms with Crippen molar-refractivity contribution in [2.45, 2.75) is 39.7 Å². The molecule has 6 heteroatoms. The molecule has 2 aromatic rings. The number of nitrogens with zero attached hydrogens (tertiary/aromatic N) is 2. The van der Waals surface area contributed by atoms with Gasteiger partial charge >= 0.3 is 11.7 Å². The lowest BCUT2D eigenvalue weighted by Gasteiger charge is -2.32. The Balaban J connectivity index is 1.70. The van der Waals surface area contributed by atoms with E-state index < -0.39 is 5.41 Å². The van der Waals surface area contributed by atoms with Crippen molar-refractivity contribution in [3.05, 3.63) is 34.8 Å². The molecule has 2 heterocycles. The molecule has 3 rings (SSSR count). The van der Waals surface area contributed by atoms with Crippen LogP contribution in [0.2, 0.25) is 0 Å². The van der Waals surface area contributed by atoms with Crippen LogP contribution in [0.15, 0.2) is 33.5 Å². The second-order valence-corrected chi connectivity index (χ2v) is 6.99. The van der Waals surface area contributed by atoms with E-state index in [1.807, 2.05) is 39.0 Å². The first-order valence-corrected chi connectivity index (χ1v) is 7.93. The van der Waals surface area contributed by atoms with Gasteiger partial charge < -0.3 is 9.25 Å². The first kappa shape index (κ1) is 15.8. The number of piperidine rings is 1. The Hall–Kier alpha value is -2.08. The van der Waals surface area contributed by atoms with E-state index in [0.29, 0.717) is 18.7 Å². The Morgan fingerprint density at radius 2 is 1.87 bits per heavy atom. The fourth-order valence-electron chi connectivity index (χ4n) is 2.78. The molecule has 0 spiro atoms. The van der Waals surface area contributed by atoms with E-state index >= 15 is 0 Å². The molecular formula is C17H22N2O4. The zero-order chi connectivity index (χ0) is 16.6. The number of hydrogen-bond donors (Lipinski definition) is 0. The molecule has 1 aromatic heterocycles. The number of benzene rings is 1. The number of fused-ring (bicyclic) bond motifs is 1. The molecule has 124 valence electrons. The number of rotatable bonds is 2. The highest BCUT2D eigenvalue weighted by Gasteiger charge is 2.30. The van der Waals surface area contributed by atoms with Crippen LogP contribution in [-0.4, -0.2) is 28.7 Å². The summed E-state index contributed by atoms with van der Waals surface area (Å²) in [5.74, 6) is -0.557. The molecule has 1 aliphatic rings. The first-order chi connectivity index (χ1) is 10.9. The summed E-state index contributed by atoms with van der Waals surface area (Å²) in [6.07, 6.45) is 1.47. The maximum atomic E-state index is 12.1. The van der Waals surface area contributed by atoms with Gasteiger partial charge in [-0.25, -0.2) is 9.59 Å². The summed E-state index contributed by atoms with van der Waals surface area (Å²) in [6, 6.07) is 7.51. The van der Waals surface area contributed by atoms with E-state index in [4.69, 9.17) is 9.25 Å². The Morgan fingerprint density at radius 1 is 1.22 bits per heavy atom. The fraction of sp³-hybridized carbons (Fsp3) is 0.529. The van der Waals surface area contributed by atoms with E-state index in [0.717, 1.165) is 18.4 Å². The zero-order valence-electron chi connectivity index (χ0n) is 13.7. The lowest BCUT2D eigenvalue weighted by Crippen LogP contribution is -2.40. The van der Waals surface area contributed by atoms with Gasteiger partial charge in [0, 0.05) is 19.1 Å². The summed E-state index contributed by atoms with van der Waals surface area (Å²) in [4.78, 5) is 29.5. The van der Waals surface area contributed by atoms with Gasteiger partial charge in [0.2, 0.25) is 0 Å². The van der Waals surface area contributed by atoms with Crippen LogP contribution in [0.1, 0.15) is 39.7 Å². The number of carbonyl (C=O) groups is 1. The summed E-state index contributed by atoms with van der Waals surface area (Å²) in [5.41, 5.74) is 0.913. The highest BCUT2D eigenvalue weighted by molar-refractivity contribution is 5.75. The van der Waals surface area contributed by atoms with Crippen LogP contribution in [-0.2, 0) is 9.63 Å². The largest absolute Gasteiger partial charge is 0.420 e. The number of para-hydroxylation sites is 2. The molecule has 23 heavy (non-hydrogen) atoms. The zero-order valence-corrected chi connectivity index (χ0v) is 13.7. The topological polar surface area (TPSA) is 64.7 Å². The molecule has 0 N–H and O–H groups in total. The summed E-state index contributed by atoms with van der Waals surface area (Å²) in [6.45, 7) is 6.72. The van der Waals surface area contributed by atoms with Gasteiger partial charge in [0.1, 0.15) is 0 Å². The van der Waals surface area contributed by atoms with Gasteiger partial charge in [0.05, 0.1) is 10.9 Å². The van der Waals surface area contributed by atoms with E-state index in [9.17, 15) is 9.59 Å². The normalized spacial score (nSPS) is 17.5.